The van der Waals surface area contributed by atoms with E-state index in [-0.39, 0.29) is 29.7 Å². The normalized spacial score (nSPS) is 27.8. The summed E-state index contributed by atoms with van der Waals surface area (Å²) in [6, 6.07) is 10.8. The van der Waals surface area contributed by atoms with Crippen molar-refractivity contribution < 1.29 is 37.3 Å². The molecule has 0 unspecified atom stereocenters. The number of ether oxygens (including phenoxy) is 3. The molecule has 0 aromatic heterocycles. The van der Waals surface area contributed by atoms with Gasteiger partial charge in [0, 0.05) is 58.9 Å². The Morgan fingerprint density at radius 3 is 2.61 bits per heavy atom. The quantitative estimate of drug-likeness (QED) is 0.396. The molecule has 0 radical (unpaired) electrons. The summed E-state index contributed by atoms with van der Waals surface area (Å²) in [6.07, 6.45) is 9.80. The Kier molecular flexibility index (Phi) is 12.4. The third kappa shape index (κ3) is 8.62. The molecule has 15 heteroatoms. The van der Waals surface area contributed by atoms with Gasteiger partial charge in [0.25, 0.3) is 5.91 Å². The summed E-state index contributed by atoms with van der Waals surface area (Å²) in [7, 11) is -0.120. The Morgan fingerprint density at radius 2 is 1.91 bits per heavy atom. The van der Waals surface area contributed by atoms with Gasteiger partial charge in [-0.05, 0) is 97.7 Å². The first-order valence-corrected chi connectivity index (χ1v) is 21.7. The molecule has 2 aromatic carbocycles. The average Bonchev–Trinajstić information content (AvgIpc) is 3.14. The van der Waals surface area contributed by atoms with Gasteiger partial charge in [-0.15, -0.1) is 0 Å². The molecule has 4 aliphatic heterocycles. The van der Waals surface area contributed by atoms with Crippen LogP contribution in [0.3, 0.4) is 0 Å². The fraction of sp³-hybridized carbons (Fsp3) is 0.610. The molecule has 1 aliphatic carbocycles. The maximum Gasteiger partial charge on any atom is 0.303 e. The van der Waals surface area contributed by atoms with Crippen LogP contribution in [-0.4, -0.2) is 125 Å². The molecule has 56 heavy (non-hydrogen) atoms. The molecule has 2 aromatic rings. The number of rotatable bonds is 7. The summed E-state index contributed by atoms with van der Waals surface area (Å²) in [4.78, 5) is 34.0. The van der Waals surface area contributed by atoms with Gasteiger partial charge in [0.1, 0.15) is 12.4 Å². The lowest BCUT2D eigenvalue weighted by molar-refractivity contribution is -0.197. The van der Waals surface area contributed by atoms with Crippen LogP contribution in [0.25, 0.3) is 0 Å². The van der Waals surface area contributed by atoms with E-state index >= 15 is 0 Å². The number of nitrogens with zero attached hydrogens (tertiary/aromatic N) is 4. The van der Waals surface area contributed by atoms with Crippen LogP contribution in [0.15, 0.2) is 48.6 Å². The van der Waals surface area contributed by atoms with E-state index in [0.29, 0.717) is 55.0 Å². The fourth-order valence-corrected chi connectivity index (χ4v) is 9.32. The second kappa shape index (κ2) is 16.9. The zero-order valence-corrected chi connectivity index (χ0v) is 34.3. The first-order valence-electron chi connectivity index (χ1n) is 19.9. The highest BCUT2D eigenvalue weighted by atomic mass is 35.5. The van der Waals surface area contributed by atoms with Crippen molar-refractivity contribution in [3.8, 4) is 5.75 Å². The van der Waals surface area contributed by atoms with Crippen molar-refractivity contribution in [1.82, 2.24) is 18.8 Å². The number of benzene rings is 2. The first-order chi connectivity index (χ1) is 26.8. The standard InChI is InChI=1S/C41H56ClN5O8S/c1-44(2)56(51,52)43-39(49)41(50)24-38(48)45(3)17-6-5-9-36(54-21-20-47-19-16-40(47)27-53-28-40)34-14-11-30(34)25-46-18-7-4-8-29-22-33(42)13-10-31(29)26-55-37-15-12-32(41)23-35(37)46/h5,9-10,12-13,15,22-23,30,34,36,50H,4,6-8,11,14,16-21,24-28H2,1-3H3,(H,43,49)/b9-5+/t30-,34+,36-,41+/m0/s1. The monoisotopic (exact) mass is 813 g/mol. The minimum absolute atomic E-state index is 0.0878. The highest BCUT2D eigenvalue weighted by Gasteiger charge is 2.50. The molecular weight excluding hydrogens is 758 g/mol. The zero-order chi connectivity index (χ0) is 39.7. The molecule has 5 aliphatic rings. The van der Waals surface area contributed by atoms with E-state index in [4.69, 9.17) is 25.8 Å². The van der Waals surface area contributed by atoms with Gasteiger partial charge in [0.15, 0.2) is 5.60 Å². The van der Waals surface area contributed by atoms with Gasteiger partial charge < -0.3 is 29.1 Å². The smallest absolute Gasteiger partial charge is 0.303 e. The predicted octanol–water partition coefficient (Wildman–Crippen LogP) is 3.87. The maximum atomic E-state index is 13.9. The molecule has 306 valence electrons. The Bertz CT molecular complexity index is 1900. The number of nitrogens with one attached hydrogen (secondary N) is 1. The molecule has 2 amide bonds. The summed E-state index contributed by atoms with van der Waals surface area (Å²) < 4.78 is 47.4. The van der Waals surface area contributed by atoms with Crippen molar-refractivity contribution in [2.24, 2.45) is 11.8 Å². The number of hydrogen-bond donors (Lipinski definition) is 2. The third-order valence-electron chi connectivity index (χ3n) is 12.6. The number of likely N-dealkylation sites (tertiary alicyclic amines) is 1. The Balaban J connectivity index is 1.24. The molecule has 13 nitrogen and oxygen atoms in total. The minimum Gasteiger partial charge on any atom is -0.487 e. The number of aryl methyl sites for hydroxylation is 1. The summed E-state index contributed by atoms with van der Waals surface area (Å²) in [5, 5.41) is 13.0. The minimum atomic E-state index is -4.30. The van der Waals surface area contributed by atoms with Crippen LogP contribution in [0, 0.1) is 11.8 Å². The van der Waals surface area contributed by atoms with E-state index in [0.717, 1.165) is 73.8 Å². The molecule has 7 rings (SSSR count). The van der Waals surface area contributed by atoms with E-state index in [1.807, 2.05) is 22.9 Å². The number of anilines is 1. The van der Waals surface area contributed by atoms with Crippen molar-refractivity contribution in [3.63, 3.8) is 0 Å². The lowest BCUT2D eigenvalue weighted by atomic mass is 9.70. The van der Waals surface area contributed by atoms with Crippen molar-refractivity contribution in [2.45, 2.75) is 75.2 Å². The Labute approximate surface area is 336 Å². The molecular formula is C41H56ClN5O8S. The fourth-order valence-electron chi connectivity index (χ4n) is 8.54. The topological polar surface area (TPSA) is 141 Å². The number of amides is 2. The maximum absolute atomic E-state index is 13.9. The number of hydrogen-bond acceptors (Lipinski definition) is 10. The molecule has 1 spiro atoms. The van der Waals surface area contributed by atoms with Gasteiger partial charge in [0.05, 0.1) is 43.6 Å². The van der Waals surface area contributed by atoms with Gasteiger partial charge >= 0.3 is 10.2 Å². The van der Waals surface area contributed by atoms with Crippen molar-refractivity contribution in [2.75, 3.05) is 78.6 Å². The Hall–Kier alpha value is -3.24. The molecule has 2 saturated heterocycles. The van der Waals surface area contributed by atoms with Gasteiger partial charge in [0.2, 0.25) is 5.91 Å². The van der Waals surface area contributed by atoms with E-state index < -0.39 is 34.0 Å². The number of halogens is 1. The molecule has 4 atom stereocenters. The van der Waals surface area contributed by atoms with E-state index in [2.05, 4.69) is 22.0 Å². The summed E-state index contributed by atoms with van der Waals surface area (Å²) >= 11 is 6.41. The van der Waals surface area contributed by atoms with E-state index in [1.54, 1.807) is 25.2 Å². The van der Waals surface area contributed by atoms with Gasteiger partial charge in [-0.1, -0.05) is 35.9 Å². The van der Waals surface area contributed by atoms with E-state index in [1.165, 1.54) is 25.4 Å². The number of fused-ring (bicyclic) bond motifs is 3. The predicted molar refractivity (Wildman–Crippen MR) is 214 cm³/mol. The zero-order valence-electron chi connectivity index (χ0n) is 32.8. The van der Waals surface area contributed by atoms with Crippen LogP contribution >= 0.6 is 11.6 Å². The van der Waals surface area contributed by atoms with Crippen LogP contribution in [0.1, 0.15) is 61.6 Å². The van der Waals surface area contributed by atoms with Gasteiger partial charge in [-0.25, -0.2) is 4.72 Å². The first kappa shape index (κ1) is 40.9. The largest absolute Gasteiger partial charge is 0.487 e. The van der Waals surface area contributed by atoms with Crippen molar-refractivity contribution >= 4 is 39.3 Å². The summed E-state index contributed by atoms with van der Waals surface area (Å²) in [5.74, 6) is -0.608. The summed E-state index contributed by atoms with van der Waals surface area (Å²) in [6.45, 7) is 6.11. The lowest BCUT2D eigenvalue weighted by Crippen LogP contribution is -2.71. The van der Waals surface area contributed by atoms with Crippen molar-refractivity contribution in [3.05, 3.63) is 70.3 Å². The highest BCUT2D eigenvalue weighted by molar-refractivity contribution is 7.87. The van der Waals surface area contributed by atoms with Crippen LogP contribution in [0.2, 0.25) is 5.02 Å². The molecule has 4 heterocycles. The van der Waals surface area contributed by atoms with Gasteiger partial charge in [-0.2, -0.15) is 12.7 Å². The average molecular weight is 814 g/mol. The van der Waals surface area contributed by atoms with Crippen molar-refractivity contribution in [1.29, 1.82) is 0 Å². The Morgan fingerprint density at radius 1 is 1.09 bits per heavy atom. The summed E-state index contributed by atoms with van der Waals surface area (Å²) in [5.41, 5.74) is 0.595. The highest BCUT2D eigenvalue weighted by Crippen LogP contribution is 2.43. The lowest BCUT2D eigenvalue weighted by Gasteiger charge is -2.57. The second-order valence-electron chi connectivity index (χ2n) is 16.4. The molecule has 3 fully saturated rings. The molecule has 2 N–H and O–H groups in total. The van der Waals surface area contributed by atoms with Crippen LogP contribution in [0.5, 0.6) is 5.75 Å². The SMILES string of the molecule is CN1CC/C=C/[C@H](OCCN2CCC23COC3)[C@@H]2CC[C@H]2CN2CCCCc3cc(Cl)ccc3COc3ccc(cc32)[C@@](O)(C(=O)NS(=O)(=O)N(C)C)CC1=O. The number of carbonyl (C=O) groups excluding carboxylic acids is 2. The van der Waals surface area contributed by atoms with Crippen LogP contribution < -0.4 is 14.4 Å². The second-order valence-corrected chi connectivity index (χ2v) is 18.7. The van der Waals surface area contributed by atoms with Crippen LogP contribution in [0.4, 0.5) is 5.69 Å². The number of carbonyl (C=O) groups is 2. The van der Waals surface area contributed by atoms with Crippen LogP contribution in [-0.2, 0) is 47.9 Å². The third-order valence-corrected chi connectivity index (χ3v) is 14.2. The molecule has 1 saturated carbocycles. The van der Waals surface area contributed by atoms with E-state index in [9.17, 15) is 23.1 Å². The molecule has 2 bridgehead atoms. The van der Waals surface area contributed by atoms with Gasteiger partial charge in [-0.3, -0.25) is 14.5 Å². The number of aliphatic hydroxyl groups is 1.